The van der Waals surface area contributed by atoms with E-state index in [0.29, 0.717) is 12.4 Å². The lowest BCUT2D eigenvalue weighted by atomic mass is 10.1. The first-order valence-corrected chi connectivity index (χ1v) is 11.3. The van der Waals surface area contributed by atoms with Gasteiger partial charge in [-0.05, 0) is 81.0 Å². The molecule has 4 aromatic rings. The molecule has 4 nitrogen and oxygen atoms in total. The Balaban J connectivity index is 1.51. The van der Waals surface area contributed by atoms with E-state index in [1.807, 2.05) is 36.4 Å². The molecule has 1 atom stereocenters. The van der Waals surface area contributed by atoms with Crippen LogP contribution in [-0.4, -0.2) is 21.3 Å². The second-order valence-corrected chi connectivity index (χ2v) is 8.68. The van der Waals surface area contributed by atoms with Crippen LogP contribution >= 0.6 is 0 Å². The molecule has 0 bridgehead atoms. The molecule has 4 heteroatoms. The summed E-state index contributed by atoms with van der Waals surface area (Å²) in [6.07, 6.45) is 1.12. The Hall–Kier alpha value is -3.11. The number of fused-ring (bicyclic) bond motifs is 1. The highest BCUT2D eigenvalue weighted by molar-refractivity contribution is 5.78. The van der Waals surface area contributed by atoms with E-state index in [-0.39, 0.29) is 0 Å². The molecule has 0 saturated heterocycles. The number of imidazole rings is 1. The van der Waals surface area contributed by atoms with Crippen molar-refractivity contribution in [3.8, 4) is 5.75 Å². The summed E-state index contributed by atoms with van der Waals surface area (Å²) in [6.45, 7) is 9.86. The molecule has 0 aliphatic heterocycles. The van der Waals surface area contributed by atoms with Crippen LogP contribution in [0.2, 0.25) is 0 Å². The molecule has 0 amide bonds. The quantitative estimate of drug-likeness (QED) is 0.339. The minimum absolute atomic E-state index is 0.672. The maximum atomic E-state index is 11.1. The fraction of sp³-hybridized carbons (Fsp3) is 0.321. The number of ether oxygens (including phenoxy) is 1. The van der Waals surface area contributed by atoms with Gasteiger partial charge in [0.05, 0.1) is 17.6 Å². The van der Waals surface area contributed by atoms with Gasteiger partial charge in [0.2, 0.25) is 0 Å². The maximum absolute atomic E-state index is 11.1. The first kappa shape index (κ1) is 22.1. The Bertz CT molecular complexity index is 1210. The van der Waals surface area contributed by atoms with Crippen molar-refractivity contribution in [2.75, 3.05) is 6.61 Å². The summed E-state index contributed by atoms with van der Waals surface area (Å²) < 4.78 is 8.18. The number of rotatable bonds is 8. The van der Waals surface area contributed by atoms with Crippen LogP contribution in [0.25, 0.3) is 11.0 Å². The van der Waals surface area contributed by atoms with E-state index in [0.717, 1.165) is 41.7 Å². The number of nitrogens with zero attached hydrogens (tertiary/aromatic N) is 2. The van der Waals surface area contributed by atoms with Crippen molar-refractivity contribution in [2.24, 2.45) is 0 Å². The molecular formula is C28H32N2O2. The van der Waals surface area contributed by atoms with Crippen LogP contribution < -0.4 is 4.74 Å². The van der Waals surface area contributed by atoms with Gasteiger partial charge in [-0.2, -0.15) is 0 Å². The van der Waals surface area contributed by atoms with Crippen molar-refractivity contribution in [2.45, 2.75) is 53.2 Å². The average molecular weight is 429 g/mol. The fourth-order valence-corrected chi connectivity index (χ4v) is 4.14. The zero-order valence-electron chi connectivity index (χ0n) is 19.4. The van der Waals surface area contributed by atoms with E-state index in [1.165, 1.54) is 22.3 Å². The van der Waals surface area contributed by atoms with Crippen molar-refractivity contribution in [3.05, 3.63) is 94.3 Å². The zero-order valence-corrected chi connectivity index (χ0v) is 19.4. The number of aliphatic hydroxyl groups excluding tert-OH is 1. The molecule has 4 rings (SSSR count). The molecule has 166 valence electrons. The predicted molar refractivity (Wildman–Crippen MR) is 130 cm³/mol. The summed E-state index contributed by atoms with van der Waals surface area (Å²) in [5.41, 5.74) is 7.73. The number of aryl methyl sites for hydroxylation is 5. The van der Waals surface area contributed by atoms with Crippen molar-refractivity contribution in [1.29, 1.82) is 0 Å². The lowest BCUT2D eigenvalue weighted by molar-refractivity contribution is 0.204. The molecule has 0 radical (unpaired) electrons. The van der Waals surface area contributed by atoms with Crippen molar-refractivity contribution >= 4 is 11.0 Å². The lowest BCUT2D eigenvalue weighted by Gasteiger charge is -2.15. The largest absolute Gasteiger partial charge is 0.493 e. The highest BCUT2D eigenvalue weighted by Gasteiger charge is 2.20. The van der Waals surface area contributed by atoms with Crippen LogP contribution in [-0.2, 0) is 6.54 Å². The molecule has 0 fully saturated rings. The number of benzene rings is 3. The van der Waals surface area contributed by atoms with Crippen LogP contribution in [0.3, 0.4) is 0 Å². The highest BCUT2D eigenvalue weighted by atomic mass is 16.5. The summed E-state index contributed by atoms with van der Waals surface area (Å²) >= 11 is 0. The summed E-state index contributed by atoms with van der Waals surface area (Å²) in [4.78, 5) is 4.84. The first-order valence-electron chi connectivity index (χ1n) is 11.3. The highest BCUT2D eigenvalue weighted by Crippen LogP contribution is 2.28. The van der Waals surface area contributed by atoms with Gasteiger partial charge in [0.1, 0.15) is 17.7 Å². The Kier molecular flexibility index (Phi) is 6.61. The van der Waals surface area contributed by atoms with E-state index in [1.54, 1.807) is 0 Å². The van der Waals surface area contributed by atoms with Crippen LogP contribution in [0.15, 0.2) is 60.7 Å². The Morgan fingerprint density at radius 2 is 1.62 bits per heavy atom. The molecule has 32 heavy (non-hydrogen) atoms. The lowest BCUT2D eigenvalue weighted by Crippen LogP contribution is -2.11. The maximum Gasteiger partial charge on any atom is 0.143 e. The second kappa shape index (κ2) is 9.58. The predicted octanol–water partition coefficient (Wildman–Crippen LogP) is 6.21. The van der Waals surface area contributed by atoms with E-state index in [2.05, 4.69) is 56.5 Å². The molecule has 1 aromatic heterocycles. The molecule has 1 heterocycles. The van der Waals surface area contributed by atoms with E-state index >= 15 is 0 Å². The van der Waals surface area contributed by atoms with Gasteiger partial charge >= 0.3 is 0 Å². The number of unbranched alkanes of at least 4 members (excludes halogenated alkanes) is 1. The van der Waals surface area contributed by atoms with Gasteiger partial charge in [0.25, 0.3) is 0 Å². The van der Waals surface area contributed by atoms with Crippen LogP contribution in [0.5, 0.6) is 5.75 Å². The van der Waals surface area contributed by atoms with Crippen molar-refractivity contribution in [3.63, 3.8) is 0 Å². The Morgan fingerprint density at radius 3 is 2.38 bits per heavy atom. The van der Waals surface area contributed by atoms with Crippen molar-refractivity contribution < 1.29 is 9.84 Å². The summed E-state index contributed by atoms with van der Waals surface area (Å²) in [5.74, 6) is 1.65. The zero-order chi connectivity index (χ0) is 22.7. The number of hydrogen-bond donors (Lipinski definition) is 1. The SMILES string of the molecule is Cc1ccc(OCCCCn2c(C(O)c3ccccc3)nc3cc(C)c(C)cc32)c(C)c1. The molecule has 0 aliphatic carbocycles. The third-order valence-electron chi connectivity index (χ3n) is 6.12. The average Bonchev–Trinajstić information content (AvgIpc) is 3.12. The Labute approximate surface area is 190 Å². The number of aromatic nitrogens is 2. The second-order valence-electron chi connectivity index (χ2n) is 8.68. The van der Waals surface area contributed by atoms with Gasteiger partial charge in [0.15, 0.2) is 0 Å². The number of aliphatic hydroxyl groups is 1. The van der Waals surface area contributed by atoms with E-state index in [9.17, 15) is 5.11 Å². The van der Waals surface area contributed by atoms with Gasteiger partial charge in [-0.25, -0.2) is 4.98 Å². The number of hydrogen-bond acceptors (Lipinski definition) is 3. The summed E-state index contributed by atoms with van der Waals surface area (Å²) in [6, 6.07) is 20.3. The topological polar surface area (TPSA) is 47.3 Å². The molecule has 3 aromatic carbocycles. The standard InChI is InChI=1S/C28H32N2O2/c1-19-12-13-26(22(4)16-19)32-15-9-8-14-30-25-18-21(3)20(2)17-24(25)29-28(30)27(31)23-10-6-5-7-11-23/h5-7,10-13,16-18,27,31H,8-9,14-15H2,1-4H3. The molecule has 1 N–H and O–H groups in total. The summed E-state index contributed by atoms with van der Waals surface area (Å²) in [5, 5.41) is 11.1. The van der Waals surface area contributed by atoms with Crippen molar-refractivity contribution in [1.82, 2.24) is 9.55 Å². The smallest absolute Gasteiger partial charge is 0.143 e. The van der Waals surface area contributed by atoms with Crippen LogP contribution in [0.4, 0.5) is 0 Å². The van der Waals surface area contributed by atoms with Gasteiger partial charge < -0.3 is 14.4 Å². The molecular weight excluding hydrogens is 396 g/mol. The van der Waals surface area contributed by atoms with Gasteiger partial charge in [0, 0.05) is 6.54 Å². The normalized spacial score (nSPS) is 12.3. The van der Waals surface area contributed by atoms with Crippen LogP contribution in [0.1, 0.15) is 52.6 Å². The Morgan fingerprint density at radius 1 is 0.875 bits per heavy atom. The van der Waals surface area contributed by atoms with Gasteiger partial charge in [-0.1, -0.05) is 48.0 Å². The van der Waals surface area contributed by atoms with Gasteiger partial charge in [-0.3, -0.25) is 0 Å². The van der Waals surface area contributed by atoms with E-state index in [4.69, 9.17) is 9.72 Å². The van der Waals surface area contributed by atoms with Crippen LogP contribution in [0, 0.1) is 27.7 Å². The fourth-order valence-electron chi connectivity index (χ4n) is 4.14. The molecule has 0 saturated carbocycles. The molecule has 1 unspecified atom stereocenters. The minimum atomic E-state index is -0.754. The first-order chi connectivity index (χ1) is 15.4. The minimum Gasteiger partial charge on any atom is -0.493 e. The van der Waals surface area contributed by atoms with E-state index < -0.39 is 6.10 Å². The third kappa shape index (κ3) is 4.71. The summed E-state index contributed by atoms with van der Waals surface area (Å²) in [7, 11) is 0. The molecule has 0 aliphatic rings. The monoisotopic (exact) mass is 428 g/mol. The third-order valence-corrected chi connectivity index (χ3v) is 6.12. The molecule has 0 spiro atoms. The van der Waals surface area contributed by atoms with Gasteiger partial charge in [-0.15, -0.1) is 0 Å².